The Morgan fingerprint density at radius 3 is 2.44 bits per heavy atom. The predicted molar refractivity (Wildman–Crippen MR) is 109 cm³/mol. The van der Waals surface area contributed by atoms with Gasteiger partial charge in [-0.2, -0.15) is 0 Å². The maximum absolute atomic E-state index is 12.6. The van der Waals surface area contributed by atoms with Crippen LogP contribution < -0.4 is 10.2 Å². The first kappa shape index (κ1) is 18.6. The van der Waals surface area contributed by atoms with Crippen molar-refractivity contribution in [1.29, 1.82) is 0 Å². The lowest BCUT2D eigenvalue weighted by Gasteiger charge is -2.18. The minimum atomic E-state index is -0.134. The summed E-state index contributed by atoms with van der Waals surface area (Å²) >= 11 is 0. The van der Waals surface area contributed by atoms with Gasteiger partial charge in [0.2, 0.25) is 0 Å². The predicted octanol–water partition coefficient (Wildman–Crippen LogP) is 3.97. The maximum atomic E-state index is 12.6. The highest BCUT2D eigenvalue weighted by Gasteiger charge is 2.10. The van der Waals surface area contributed by atoms with E-state index in [-0.39, 0.29) is 5.91 Å². The second-order valence-electron chi connectivity index (χ2n) is 6.43. The second-order valence-corrected chi connectivity index (χ2v) is 6.43. The molecule has 0 unspecified atom stereocenters. The summed E-state index contributed by atoms with van der Waals surface area (Å²) in [6.07, 6.45) is 7.14. The van der Waals surface area contributed by atoms with Gasteiger partial charge >= 0.3 is 0 Å². The molecule has 0 saturated carbocycles. The molecule has 0 saturated heterocycles. The summed E-state index contributed by atoms with van der Waals surface area (Å²) in [7, 11) is 1.98. The van der Waals surface area contributed by atoms with Crippen LogP contribution in [-0.2, 0) is 12.8 Å². The molecule has 0 aliphatic rings. The van der Waals surface area contributed by atoms with Gasteiger partial charge in [0.25, 0.3) is 5.91 Å². The highest BCUT2D eigenvalue weighted by atomic mass is 16.1. The van der Waals surface area contributed by atoms with Crippen molar-refractivity contribution < 1.29 is 4.79 Å². The zero-order valence-electron chi connectivity index (χ0n) is 15.7. The first-order chi connectivity index (χ1) is 13.2. The number of nitrogens with one attached hydrogen (secondary N) is 1. The molecule has 3 rings (SSSR count). The van der Waals surface area contributed by atoms with Gasteiger partial charge in [0.1, 0.15) is 5.82 Å². The summed E-state index contributed by atoms with van der Waals surface area (Å²) in [5.41, 5.74) is 3.85. The van der Waals surface area contributed by atoms with Crippen molar-refractivity contribution >= 4 is 17.4 Å². The maximum Gasteiger partial charge on any atom is 0.255 e. The Balaban J connectivity index is 1.63. The number of benzene rings is 1. The van der Waals surface area contributed by atoms with Crippen LogP contribution in [0.4, 0.5) is 11.5 Å². The molecule has 138 valence electrons. The number of likely N-dealkylation sites (N-methyl/N-ethyl adjacent to an activating group) is 1. The topological polar surface area (TPSA) is 58.1 Å². The average molecular weight is 360 g/mol. The van der Waals surface area contributed by atoms with E-state index in [9.17, 15) is 4.79 Å². The number of carbonyl (C=O) groups excluding carboxylic acids is 1. The highest BCUT2D eigenvalue weighted by Crippen LogP contribution is 2.15. The molecule has 2 heterocycles. The summed E-state index contributed by atoms with van der Waals surface area (Å²) in [6.45, 7) is 2.91. The van der Waals surface area contributed by atoms with Crippen LogP contribution in [0, 0.1) is 0 Å². The molecule has 0 radical (unpaired) electrons. The molecule has 5 nitrogen and oxygen atoms in total. The van der Waals surface area contributed by atoms with Crippen molar-refractivity contribution in [3.8, 4) is 0 Å². The zero-order valence-corrected chi connectivity index (χ0v) is 15.7. The first-order valence-electron chi connectivity index (χ1n) is 9.12. The number of rotatable bonds is 7. The first-order valence-corrected chi connectivity index (χ1v) is 9.12. The lowest BCUT2D eigenvalue weighted by Crippen LogP contribution is -2.22. The lowest BCUT2D eigenvalue weighted by molar-refractivity contribution is 0.102. The van der Waals surface area contributed by atoms with E-state index in [2.05, 4.69) is 22.2 Å². The van der Waals surface area contributed by atoms with Crippen LogP contribution in [-0.4, -0.2) is 29.5 Å². The molecule has 0 atom stereocenters. The Bertz CT molecular complexity index is 878. The highest BCUT2D eigenvalue weighted by molar-refractivity contribution is 6.04. The Labute approximate surface area is 160 Å². The van der Waals surface area contributed by atoms with Gasteiger partial charge in [0.15, 0.2) is 0 Å². The Morgan fingerprint density at radius 2 is 1.74 bits per heavy atom. The molecule has 5 heteroatoms. The molecule has 0 fully saturated rings. The summed E-state index contributed by atoms with van der Waals surface area (Å²) in [6, 6.07) is 15.5. The normalized spacial score (nSPS) is 10.4. The monoisotopic (exact) mass is 360 g/mol. The fraction of sp³-hybridized carbons (Fsp3) is 0.227. The van der Waals surface area contributed by atoms with Crippen molar-refractivity contribution in [1.82, 2.24) is 9.97 Å². The molecule has 2 aromatic heterocycles. The van der Waals surface area contributed by atoms with E-state index >= 15 is 0 Å². The molecular weight excluding hydrogens is 336 g/mol. The van der Waals surface area contributed by atoms with Gasteiger partial charge in [0.05, 0.1) is 0 Å². The standard InChI is InChI=1S/C22H24N4O/c1-3-17-4-6-20(7-5-17)25-22(27)19-10-14-24-21(16-19)26(2)15-11-18-8-12-23-13-9-18/h4-10,12-14,16H,3,11,15H2,1-2H3,(H,25,27). The summed E-state index contributed by atoms with van der Waals surface area (Å²) < 4.78 is 0. The zero-order chi connectivity index (χ0) is 19.1. The van der Waals surface area contributed by atoms with Crippen LogP contribution in [0.5, 0.6) is 0 Å². The van der Waals surface area contributed by atoms with Gasteiger partial charge in [-0.3, -0.25) is 9.78 Å². The Hall–Kier alpha value is -3.21. The number of hydrogen-bond donors (Lipinski definition) is 1. The number of aryl methyl sites for hydroxylation is 1. The molecule has 0 aliphatic heterocycles. The summed E-state index contributed by atoms with van der Waals surface area (Å²) in [5.74, 6) is 0.642. The molecule has 1 amide bonds. The van der Waals surface area contributed by atoms with Gasteiger partial charge in [-0.05, 0) is 60.4 Å². The molecule has 0 spiro atoms. The summed E-state index contributed by atoms with van der Waals surface area (Å²) in [5, 5.41) is 2.94. The minimum absolute atomic E-state index is 0.134. The smallest absolute Gasteiger partial charge is 0.255 e. The molecule has 1 N–H and O–H groups in total. The fourth-order valence-electron chi connectivity index (χ4n) is 2.76. The number of aromatic nitrogens is 2. The second kappa shape index (κ2) is 8.94. The lowest BCUT2D eigenvalue weighted by atomic mass is 10.1. The molecule has 3 aromatic rings. The molecule has 0 aliphatic carbocycles. The third-order valence-electron chi connectivity index (χ3n) is 4.50. The van der Waals surface area contributed by atoms with Gasteiger partial charge in [-0.25, -0.2) is 4.98 Å². The SMILES string of the molecule is CCc1ccc(NC(=O)c2ccnc(N(C)CCc3ccncc3)c2)cc1. The van der Waals surface area contributed by atoms with E-state index < -0.39 is 0 Å². The van der Waals surface area contributed by atoms with Crippen molar-refractivity contribution in [3.05, 3.63) is 83.8 Å². The molecule has 0 bridgehead atoms. The van der Waals surface area contributed by atoms with Crippen LogP contribution in [0.1, 0.15) is 28.4 Å². The quantitative estimate of drug-likeness (QED) is 0.693. The number of nitrogens with zero attached hydrogens (tertiary/aromatic N) is 3. The number of hydrogen-bond acceptors (Lipinski definition) is 4. The van der Waals surface area contributed by atoms with Crippen molar-refractivity contribution in [3.63, 3.8) is 0 Å². The Morgan fingerprint density at radius 1 is 1.00 bits per heavy atom. The van der Waals surface area contributed by atoms with E-state index in [0.717, 1.165) is 30.9 Å². The van der Waals surface area contributed by atoms with Crippen LogP contribution >= 0.6 is 0 Å². The van der Waals surface area contributed by atoms with E-state index in [4.69, 9.17) is 0 Å². The van der Waals surface area contributed by atoms with E-state index in [1.54, 1.807) is 24.7 Å². The van der Waals surface area contributed by atoms with Crippen molar-refractivity contribution in [2.24, 2.45) is 0 Å². The number of anilines is 2. The van der Waals surface area contributed by atoms with Gasteiger partial charge in [0, 0.05) is 43.4 Å². The van der Waals surface area contributed by atoms with Gasteiger partial charge < -0.3 is 10.2 Å². The van der Waals surface area contributed by atoms with Crippen molar-refractivity contribution in [2.75, 3.05) is 23.8 Å². The van der Waals surface area contributed by atoms with Crippen LogP contribution in [0.2, 0.25) is 0 Å². The van der Waals surface area contributed by atoms with Crippen molar-refractivity contribution in [2.45, 2.75) is 19.8 Å². The fourth-order valence-corrected chi connectivity index (χ4v) is 2.76. The number of carbonyl (C=O) groups is 1. The Kier molecular flexibility index (Phi) is 6.15. The molecule has 1 aromatic carbocycles. The number of amides is 1. The third kappa shape index (κ3) is 5.14. The van der Waals surface area contributed by atoms with Crippen LogP contribution in [0.25, 0.3) is 0 Å². The van der Waals surface area contributed by atoms with Gasteiger partial charge in [-0.15, -0.1) is 0 Å². The molecular formula is C22H24N4O. The van der Waals surface area contributed by atoms with E-state index in [1.165, 1.54) is 11.1 Å². The minimum Gasteiger partial charge on any atom is -0.359 e. The van der Waals surface area contributed by atoms with Crippen LogP contribution in [0.3, 0.4) is 0 Å². The third-order valence-corrected chi connectivity index (χ3v) is 4.50. The van der Waals surface area contributed by atoms with E-state index in [1.807, 2.05) is 54.4 Å². The largest absolute Gasteiger partial charge is 0.359 e. The van der Waals surface area contributed by atoms with E-state index in [0.29, 0.717) is 5.56 Å². The average Bonchev–Trinajstić information content (AvgIpc) is 2.73. The van der Waals surface area contributed by atoms with Gasteiger partial charge in [-0.1, -0.05) is 19.1 Å². The van der Waals surface area contributed by atoms with Crippen LogP contribution in [0.15, 0.2) is 67.1 Å². The summed E-state index contributed by atoms with van der Waals surface area (Å²) in [4.78, 5) is 23.0. The number of pyridine rings is 2. The molecule has 27 heavy (non-hydrogen) atoms.